The number of nitrogens with one attached hydrogen (secondary N) is 1. The molecule has 6 heteroatoms. The minimum absolute atomic E-state index is 0.218. The number of aromatic nitrogens is 1. The zero-order valence-electron chi connectivity index (χ0n) is 13.8. The van der Waals surface area contributed by atoms with Crippen LogP contribution in [0.15, 0.2) is 54.7 Å². The van der Waals surface area contributed by atoms with Gasteiger partial charge in [-0.15, -0.1) is 0 Å². The van der Waals surface area contributed by atoms with Crippen LogP contribution in [0.4, 0.5) is 4.79 Å². The molecular formula is C20H15N3O2S. The number of hydrogen-bond donors (Lipinski definition) is 1. The molecule has 1 fully saturated rings. The van der Waals surface area contributed by atoms with Gasteiger partial charge in [0.1, 0.15) is 0 Å². The summed E-state index contributed by atoms with van der Waals surface area (Å²) in [5.74, 6) is -0.218. The predicted octanol–water partition coefficient (Wildman–Crippen LogP) is 3.46. The second kappa shape index (κ2) is 6.70. The Hall–Kier alpha value is -3.04. The molecule has 26 heavy (non-hydrogen) atoms. The average molecular weight is 361 g/mol. The van der Waals surface area contributed by atoms with Gasteiger partial charge in [-0.1, -0.05) is 36.0 Å². The lowest BCUT2D eigenvalue weighted by Crippen LogP contribution is -2.25. The lowest BCUT2D eigenvalue weighted by Gasteiger charge is -2.09. The van der Waals surface area contributed by atoms with Crippen LogP contribution in [0.5, 0.6) is 0 Å². The number of carbonyl (C=O) groups excluding carboxylic acids is 2. The van der Waals surface area contributed by atoms with Crippen molar-refractivity contribution < 1.29 is 9.59 Å². The van der Waals surface area contributed by atoms with E-state index in [-0.39, 0.29) is 16.4 Å². The van der Waals surface area contributed by atoms with Gasteiger partial charge in [0, 0.05) is 23.6 Å². The first-order valence-corrected chi connectivity index (χ1v) is 9.09. The first kappa shape index (κ1) is 16.4. The van der Waals surface area contributed by atoms with Crippen molar-refractivity contribution in [2.75, 3.05) is 0 Å². The highest BCUT2D eigenvalue weighted by atomic mass is 32.2. The van der Waals surface area contributed by atoms with Crippen molar-refractivity contribution in [2.24, 2.45) is 0 Å². The van der Waals surface area contributed by atoms with E-state index < -0.39 is 0 Å². The summed E-state index contributed by atoms with van der Waals surface area (Å²) in [5.41, 5.74) is 3.82. The van der Waals surface area contributed by atoms with Crippen LogP contribution in [0, 0.1) is 11.3 Å². The Kier molecular flexibility index (Phi) is 4.23. The van der Waals surface area contributed by atoms with E-state index in [0.29, 0.717) is 18.5 Å². The second-order valence-corrected chi connectivity index (χ2v) is 7.37. The van der Waals surface area contributed by atoms with Gasteiger partial charge in [0.25, 0.3) is 5.24 Å². The second-order valence-electron chi connectivity index (χ2n) is 6.19. The number of hydrogen-bond acceptors (Lipinski definition) is 4. The van der Waals surface area contributed by atoms with Crippen LogP contribution < -0.4 is 5.32 Å². The lowest BCUT2D eigenvalue weighted by molar-refractivity contribution is -0.118. The van der Waals surface area contributed by atoms with E-state index in [2.05, 4.69) is 16.0 Å². The molecule has 1 unspecified atom stereocenters. The minimum Gasteiger partial charge on any atom is -0.343 e. The zero-order chi connectivity index (χ0) is 18.1. The summed E-state index contributed by atoms with van der Waals surface area (Å²) in [4.78, 5) is 23.2. The van der Waals surface area contributed by atoms with Crippen molar-refractivity contribution in [1.82, 2.24) is 9.88 Å². The molecule has 1 N–H and O–H groups in total. The van der Waals surface area contributed by atoms with Crippen molar-refractivity contribution in [1.29, 1.82) is 5.26 Å². The number of thioether (sulfide) groups is 1. The standard InChI is InChI=1S/C20H15N3O2S/c21-11-13-3-1-4-14(9-13)12-23-8-7-16-15(5-2-6-17(16)23)10-18-19(24)22-20(25)26-18/h1-9,18H,10,12H2,(H,22,24,25). The number of fused-ring (bicyclic) bond motifs is 1. The van der Waals surface area contributed by atoms with Crippen molar-refractivity contribution in [2.45, 2.75) is 18.2 Å². The van der Waals surface area contributed by atoms with Crippen LogP contribution >= 0.6 is 11.8 Å². The number of nitriles is 1. The van der Waals surface area contributed by atoms with Gasteiger partial charge in [0.05, 0.1) is 16.9 Å². The maximum atomic E-state index is 11.8. The van der Waals surface area contributed by atoms with Gasteiger partial charge < -0.3 is 4.57 Å². The summed E-state index contributed by atoms with van der Waals surface area (Å²) < 4.78 is 2.13. The van der Waals surface area contributed by atoms with E-state index in [1.807, 2.05) is 48.7 Å². The molecule has 1 saturated heterocycles. The number of nitrogens with zero attached hydrogens (tertiary/aromatic N) is 2. The maximum Gasteiger partial charge on any atom is 0.286 e. The quantitative estimate of drug-likeness (QED) is 0.772. The molecule has 1 atom stereocenters. The molecule has 5 nitrogen and oxygen atoms in total. The molecule has 0 radical (unpaired) electrons. The molecule has 0 saturated carbocycles. The van der Waals surface area contributed by atoms with E-state index in [0.717, 1.165) is 33.8 Å². The van der Waals surface area contributed by atoms with Crippen LogP contribution in [-0.2, 0) is 17.8 Å². The smallest absolute Gasteiger partial charge is 0.286 e. The van der Waals surface area contributed by atoms with E-state index in [4.69, 9.17) is 5.26 Å². The summed E-state index contributed by atoms with van der Waals surface area (Å²) in [6.07, 6.45) is 2.54. The van der Waals surface area contributed by atoms with E-state index in [9.17, 15) is 9.59 Å². The van der Waals surface area contributed by atoms with Gasteiger partial charge in [0.2, 0.25) is 5.91 Å². The highest BCUT2D eigenvalue weighted by Crippen LogP contribution is 2.28. The molecule has 2 amide bonds. The molecule has 3 aromatic rings. The van der Waals surface area contributed by atoms with Crippen molar-refractivity contribution in [3.8, 4) is 6.07 Å². The Bertz CT molecular complexity index is 1060. The van der Waals surface area contributed by atoms with Gasteiger partial charge in [-0.25, -0.2) is 0 Å². The van der Waals surface area contributed by atoms with Crippen molar-refractivity contribution >= 4 is 33.8 Å². The third kappa shape index (κ3) is 3.09. The number of imide groups is 1. The molecule has 1 aromatic heterocycles. The van der Waals surface area contributed by atoms with Crippen LogP contribution in [0.3, 0.4) is 0 Å². The van der Waals surface area contributed by atoms with E-state index in [1.54, 1.807) is 6.07 Å². The molecule has 2 heterocycles. The first-order chi connectivity index (χ1) is 12.6. The topological polar surface area (TPSA) is 74.9 Å². The van der Waals surface area contributed by atoms with Gasteiger partial charge in [0.15, 0.2) is 0 Å². The summed E-state index contributed by atoms with van der Waals surface area (Å²) in [5, 5.41) is 11.8. The van der Waals surface area contributed by atoms with Crippen LogP contribution in [0.25, 0.3) is 10.9 Å². The summed E-state index contributed by atoms with van der Waals surface area (Å²) in [6.45, 7) is 0.666. The Morgan fingerprint density at radius 1 is 1.15 bits per heavy atom. The third-order valence-electron chi connectivity index (χ3n) is 4.49. The molecule has 1 aliphatic heterocycles. The Labute approximate surface area is 154 Å². The Morgan fingerprint density at radius 3 is 2.77 bits per heavy atom. The predicted molar refractivity (Wildman–Crippen MR) is 101 cm³/mol. The number of rotatable bonds is 4. The van der Waals surface area contributed by atoms with Crippen LogP contribution in [0.2, 0.25) is 0 Å². The molecule has 0 spiro atoms. The number of benzene rings is 2. The van der Waals surface area contributed by atoms with E-state index >= 15 is 0 Å². The Balaban J connectivity index is 1.63. The number of amides is 2. The zero-order valence-corrected chi connectivity index (χ0v) is 14.6. The molecule has 2 aromatic carbocycles. The highest BCUT2D eigenvalue weighted by Gasteiger charge is 2.31. The van der Waals surface area contributed by atoms with Crippen molar-refractivity contribution in [3.05, 3.63) is 71.4 Å². The number of carbonyl (C=O) groups is 2. The molecule has 128 valence electrons. The Morgan fingerprint density at radius 2 is 2.00 bits per heavy atom. The maximum absolute atomic E-state index is 11.8. The summed E-state index contributed by atoms with van der Waals surface area (Å²) in [6, 6.07) is 17.8. The normalized spacial score (nSPS) is 16.7. The molecule has 0 bridgehead atoms. The van der Waals surface area contributed by atoms with Crippen LogP contribution in [-0.4, -0.2) is 21.0 Å². The van der Waals surface area contributed by atoms with Crippen LogP contribution in [0.1, 0.15) is 16.7 Å². The third-order valence-corrected chi connectivity index (χ3v) is 5.47. The first-order valence-electron chi connectivity index (χ1n) is 8.21. The molecule has 4 rings (SSSR count). The highest BCUT2D eigenvalue weighted by molar-refractivity contribution is 8.15. The fraction of sp³-hybridized carbons (Fsp3) is 0.150. The van der Waals surface area contributed by atoms with Crippen molar-refractivity contribution in [3.63, 3.8) is 0 Å². The fourth-order valence-corrected chi connectivity index (χ4v) is 4.11. The van der Waals surface area contributed by atoms with Gasteiger partial charge >= 0.3 is 0 Å². The fourth-order valence-electron chi connectivity index (χ4n) is 3.27. The summed E-state index contributed by atoms with van der Waals surface area (Å²) in [7, 11) is 0. The van der Waals surface area contributed by atoms with E-state index in [1.165, 1.54) is 0 Å². The minimum atomic E-state index is -0.372. The van der Waals surface area contributed by atoms with Gasteiger partial charge in [-0.3, -0.25) is 14.9 Å². The molecule has 0 aliphatic carbocycles. The molecular weight excluding hydrogens is 346 g/mol. The van der Waals surface area contributed by atoms with Gasteiger partial charge in [-0.2, -0.15) is 5.26 Å². The monoisotopic (exact) mass is 361 g/mol. The largest absolute Gasteiger partial charge is 0.343 e. The molecule has 1 aliphatic rings. The lowest BCUT2D eigenvalue weighted by atomic mass is 10.0. The average Bonchev–Trinajstić information content (AvgIpc) is 3.19. The van der Waals surface area contributed by atoms with Gasteiger partial charge in [-0.05, 0) is 41.8 Å². The SMILES string of the molecule is N#Cc1cccc(Cn2ccc3c(CC4SC(=O)NC4=O)cccc32)c1. The summed E-state index contributed by atoms with van der Waals surface area (Å²) >= 11 is 1.05.